The summed E-state index contributed by atoms with van der Waals surface area (Å²) in [5.74, 6) is 0. The summed E-state index contributed by atoms with van der Waals surface area (Å²) in [7, 11) is 0. The van der Waals surface area contributed by atoms with Gasteiger partial charge in [0.15, 0.2) is 0 Å². The van der Waals surface area contributed by atoms with Crippen LogP contribution in [-0.4, -0.2) is 5.17 Å². The Kier molecular flexibility index (Phi) is 3.53. The van der Waals surface area contributed by atoms with E-state index in [0.29, 0.717) is 5.17 Å². The molecule has 0 saturated carbocycles. The van der Waals surface area contributed by atoms with Gasteiger partial charge in [0.25, 0.3) is 0 Å². The number of hydrogen-bond acceptors (Lipinski definition) is 1. The molecule has 8 heavy (non-hydrogen) atoms. The minimum atomic E-state index is 0.553. The van der Waals surface area contributed by atoms with Gasteiger partial charge in [-0.2, -0.15) is 0 Å². The topological polar surface area (TPSA) is 12.4 Å². The largest absolute Gasteiger partial charge is 0.247 e. The summed E-state index contributed by atoms with van der Waals surface area (Å²) in [6, 6.07) is 0. The zero-order valence-corrected chi connectivity index (χ0v) is 6.00. The van der Waals surface area contributed by atoms with Crippen molar-refractivity contribution in [2.24, 2.45) is 4.99 Å². The van der Waals surface area contributed by atoms with E-state index in [-0.39, 0.29) is 0 Å². The molecule has 0 rings (SSSR count). The maximum atomic E-state index is 5.44. The van der Waals surface area contributed by atoms with Crippen LogP contribution in [-0.2, 0) is 0 Å². The minimum Gasteiger partial charge on any atom is -0.247 e. The van der Waals surface area contributed by atoms with Gasteiger partial charge in [-0.1, -0.05) is 25.1 Å². The lowest BCUT2D eigenvalue weighted by molar-refractivity contribution is 1.08. The van der Waals surface area contributed by atoms with E-state index in [0.717, 1.165) is 12.1 Å². The van der Waals surface area contributed by atoms with E-state index in [4.69, 9.17) is 11.6 Å². The van der Waals surface area contributed by atoms with Crippen molar-refractivity contribution in [3.05, 3.63) is 12.3 Å². The third-order valence-corrected chi connectivity index (χ3v) is 0.805. The Hall–Kier alpha value is -0.300. The molecular weight excluding hydrogens is 122 g/mol. The second kappa shape index (κ2) is 3.67. The van der Waals surface area contributed by atoms with Gasteiger partial charge in [0.05, 0.1) is 0 Å². The normalized spacial score (nSPS) is 11.6. The van der Waals surface area contributed by atoms with Crippen LogP contribution in [0.3, 0.4) is 0 Å². The van der Waals surface area contributed by atoms with Crippen molar-refractivity contribution in [2.45, 2.75) is 20.3 Å². The molecule has 0 aromatic rings. The molecule has 0 unspecified atom stereocenters. The van der Waals surface area contributed by atoms with E-state index < -0.39 is 0 Å². The van der Waals surface area contributed by atoms with Gasteiger partial charge < -0.3 is 0 Å². The molecule has 0 N–H and O–H groups in total. The molecular formula is C6H10ClN. The van der Waals surface area contributed by atoms with Crippen LogP contribution in [0.5, 0.6) is 0 Å². The highest BCUT2D eigenvalue weighted by atomic mass is 35.5. The Morgan fingerprint density at radius 1 is 1.75 bits per heavy atom. The monoisotopic (exact) mass is 131 g/mol. The summed E-state index contributed by atoms with van der Waals surface area (Å²) in [4.78, 5) is 3.88. The van der Waals surface area contributed by atoms with Gasteiger partial charge in [-0.15, -0.1) is 0 Å². The van der Waals surface area contributed by atoms with Crippen molar-refractivity contribution in [3.8, 4) is 0 Å². The summed E-state index contributed by atoms with van der Waals surface area (Å²) < 4.78 is 0. The van der Waals surface area contributed by atoms with E-state index >= 15 is 0 Å². The maximum absolute atomic E-state index is 5.44. The first kappa shape index (κ1) is 7.70. The molecule has 0 aliphatic rings. The lowest BCUT2D eigenvalue weighted by Gasteiger charge is -1.89. The van der Waals surface area contributed by atoms with Crippen LogP contribution in [0.1, 0.15) is 20.3 Å². The van der Waals surface area contributed by atoms with Crippen LogP contribution in [0.2, 0.25) is 0 Å². The Morgan fingerprint density at radius 3 is 2.38 bits per heavy atom. The first-order valence-electron chi connectivity index (χ1n) is 2.55. The molecule has 0 saturated heterocycles. The Morgan fingerprint density at radius 2 is 2.25 bits per heavy atom. The predicted molar refractivity (Wildman–Crippen MR) is 38.4 cm³/mol. The quantitative estimate of drug-likeness (QED) is 0.511. The molecule has 46 valence electrons. The van der Waals surface area contributed by atoms with Crippen molar-refractivity contribution < 1.29 is 0 Å². The fourth-order valence-electron chi connectivity index (χ4n) is 0.297. The van der Waals surface area contributed by atoms with Crippen LogP contribution in [0.4, 0.5) is 0 Å². The Labute approximate surface area is 55.1 Å². The number of halogens is 1. The van der Waals surface area contributed by atoms with Gasteiger partial charge in [0.2, 0.25) is 0 Å². The Bertz CT molecular complexity index is 112. The summed E-state index contributed by atoms with van der Waals surface area (Å²) in [6.07, 6.45) is 0.865. The van der Waals surface area contributed by atoms with Crippen LogP contribution in [0.25, 0.3) is 0 Å². The second-order valence-corrected chi connectivity index (χ2v) is 2.08. The third kappa shape index (κ3) is 3.88. The van der Waals surface area contributed by atoms with Gasteiger partial charge in [0, 0.05) is 5.70 Å². The maximum Gasteiger partial charge on any atom is 0.103 e. The summed E-state index contributed by atoms with van der Waals surface area (Å²) in [5.41, 5.74) is 0.831. The van der Waals surface area contributed by atoms with E-state index in [1.54, 1.807) is 6.92 Å². The number of hydrogen-bond donors (Lipinski definition) is 0. The van der Waals surface area contributed by atoms with Gasteiger partial charge >= 0.3 is 0 Å². The smallest absolute Gasteiger partial charge is 0.103 e. The molecule has 0 aromatic carbocycles. The highest BCUT2D eigenvalue weighted by molar-refractivity contribution is 6.64. The van der Waals surface area contributed by atoms with E-state index in [1.165, 1.54) is 0 Å². The third-order valence-electron chi connectivity index (χ3n) is 0.720. The molecule has 0 bridgehead atoms. The van der Waals surface area contributed by atoms with Gasteiger partial charge in [0.1, 0.15) is 5.17 Å². The van der Waals surface area contributed by atoms with Crippen molar-refractivity contribution in [1.29, 1.82) is 0 Å². The minimum absolute atomic E-state index is 0.553. The average Bonchev–Trinajstić information content (AvgIpc) is 1.65. The zero-order chi connectivity index (χ0) is 6.57. The van der Waals surface area contributed by atoms with Crippen LogP contribution in [0, 0.1) is 0 Å². The molecule has 0 radical (unpaired) electrons. The molecule has 0 spiro atoms. The zero-order valence-electron chi connectivity index (χ0n) is 5.24. The Balaban J connectivity index is 3.70. The van der Waals surface area contributed by atoms with E-state index in [9.17, 15) is 0 Å². The fourth-order valence-corrected chi connectivity index (χ4v) is 0.416. The van der Waals surface area contributed by atoms with Crippen molar-refractivity contribution >= 4 is 16.8 Å². The van der Waals surface area contributed by atoms with Gasteiger partial charge in [-0.05, 0) is 13.3 Å². The molecule has 0 heterocycles. The summed E-state index contributed by atoms with van der Waals surface area (Å²) in [6.45, 7) is 7.37. The van der Waals surface area contributed by atoms with Crippen LogP contribution < -0.4 is 0 Å². The van der Waals surface area contributed by atoms with Gasteiger partial charge in [-0.3, -0.25) is 0 Å². The SMILES string of the molecule is C=C(CC)N=C(C)Cl. The second-order valence-electron chi connectivity index (χ2n) is 1.53. The number of allylic oxidation sites excluding steroid dienone is 1. The average molecular weight is 132 g/mol. The lowest BCUT2D eigenvalue weighted by atomic mass is 10.4. The molecule has 0 aliphatic carbocycles. The first-order valence-corrected chi connectivity index (χ1v) is 2.93. The molecule has 0 amide bonds. The van der Waals surface area contributed by atoms with Crippen molar-refractivity contribution in [2.75, 3.05) is 0 Å². The lowest BCUT2D eigenvalue weighted by Crippen LogP contribution is -1.77. The standard InChI is InChI=1S/C6H10ClN/c1-4-5(2)8-6(3)7/h2,4H2,1,3H3. The molecule has 0 aromatic heterocycles. The summed E-state index contributed by atoms with van der Waals surface area (Å²) in [5, 5.41) is 0.553. The number of rotatable bonds is 2. The highest BCUT2D eigenvalue weighted by Crippen LogP contribution is 1.99. The fraction of sp³-hybridized carbons (Fsp3) is 0.500. The predicted octanol–water partition coefficient (Wildman–Crippen LogP) is 2.57. The molecule has 0 atom stereocenters. The number of aliphatic imine (C=N–C) groups is 1. The molecule has 1 nitrogen and oxygen atoms in total. The van der Waals surface area contributed by atoms with Crippen LogP contribution >= 0.6 is 11.6 Å². The molecule has 2 heteroatoms. The highest BCUT2D eigenvalue weighted by Gasteiger charge is 1.83. The van der Waals surface area contributed by atoms with Crippen molar-refractivity contribution in [3.63, 3.8) is 0 Å². The van der Waals surface area contributed by atoms with Crippen molar-refractivity contribution in [1.82, 2.24) is 0 Å². The molecule has 0 fully saturated rings. The van der Waals surface area contributed by atoms with Crippen LogP contribution in [0.15, 0.2) is 17.3 Å². The first-order chi connectivity index (χ1) is 3.66. The van der Waals surface area contributed by atoms with E-state index in [1.807, 2.05) is 6.92 Å². The molecule has 0 aliphatic heterocycles. The van der Waals surface area contributed by atoms with Gasteiger partial charge in [-0.25, -0.2) is 4.99 Å². The summed E-state index contributed by atoms with van der Waals surface area (Å²) >= 11 is 5.44. The number of nitrogens with zero attached hydrogens (tertiary/aromatic N) is 1. The van der Waals surface area contributed by atoms with E-state index in [2.05, 4.69) is 11.6 Å².